The van der Waals surface area contributed by atoms with Gasteiger partial charge < -0.3 is 10.5 Å². The summed E-state index contributed by atoms with van der Waals surface area (Å²) in [7, 11) is 0. The number of ether oxygens (including phenoxy) is 1. The molecule has 0 unspecified atom stereocenters. The largest absolute Gasteiger partial charge is 0.485 e. The molecule has 0 aromatic heterocycles. The highest BCUT2D eigenvalue weighted by Gasteiger charge is 2.53. The molecule has 1 heterocycles. The van der Waals surface area contributed by atoms with Crippen molar-refractivity contribution < 1.29 is 4.74 Å². The molecule has 2 nitrogen and oxygen atoms in total. The van der Waals surface area contributed by atoms with Gasteiger partial charge in [-0.25, -0.2) is 0 Å². The summed E-state index contributed by atoms with van der Waals surface area (Å²) >= 11 is 14.5. The van der Waals surface area contributed by atoms with Crippen molar-refractivity contribution in [3.05, 3.63) is 45.9 Å². The molecule has 0 saturated carbocycles. The second-order valence-corrected chi connectivity index (χ2v) is 9.88. The Hall–Kier alpha value is -0.870. The number of rotatable bonds is 7. The maximum absolute atomic E-state index is 6.60. The number of hydrogen-bond acceptors (Lipinski definition) is 3. The van der Waals surface area contributed by atoms with Crippen molar-refractivity contribution >= 4 is 35.0 Å². The van der Waals surface area contributed by atoms with E-state index in [0.717, 1.165) is 29.1 Å². The quantitative estimate of drug-likeness (QED) is 0.363. The first-order valence-corrected chi connectivity index (χ1v) is 11.7. The lowest BCUT2D eigenvalue weighted by Crippen LogP contribution is -2.51. The number of thioether (sulfide) groups is 1. The van der Waals surface area contributed by atoms with Crippen LogP contribution in [0.25, 0.3) is 11.1 Å². The van der Waals surface area contributed by atoms with E-state index in [4.69, 9.17) is 33.7 Å². The minimum atomic E-state index is -0.327. The van der Waals surface area contributed by atoms with Crippen LogP contribution in [0.5, 0.6) is 5.75 Å². The highest BCUT2D eigenvalue weighted by Crippen LogP contribution is 2.55. The summed E-state index contributed by atoms with van der Waals surface area (Å²) in [6.07, 6.45) is 3.24. The maximum atomic E-state index is 6.60. The summed E-state index contributed by atoms with van der Waals surface area (Å²) in [5, 5.41) is 1.30. The van der Waals surface area contributed by atoms with Crippen LogP contribution < -0.4 is 10.5 Å². The lowest BCUT2D eigenvalue weighted by molar-refractivity contribution is 0.0407. The second kappa shape index (κ2) is 8.47. The number of unbranched alkanes of at least 4 members (excludes halogenated alkanes) is 1. The van der Waals surface area contributed by atoms with Gasteiger partial charge in [-0.05, 0) is 55.3 Å². The lowest BCUT2D eigenvalue weighted by atomic mass is 9.69. The van der Waals surface area contributed by atoms with Crippen LogP contribution in [0.4, 0.5) is 0 Å². The molecule has 0 aliphatic carbocycles. The monoisotopic (exact) mass is 437 g/mol. The van der Waals surface area contributed by atoms with E-state index in [1.54, 1.807) is 6.07 Å². The van der Waals surface area contributed by atoms with Crippen molar-refractivity contribution in [1.82, 2.24) is 0 Å². The molecule has 0 amide bonds. The minimum absolute atomic E-state index is 0.258. The van der Waals surface area contributed by atoms with E-state index in [1.165, 1.54) is 23.3 Å². The third kappa shape index (κ3) is 3.67. The van der Waals surface area contributed by atoms with E-state index in [2.05, 4.69) is 39.8 Å². The summed E-state index contributed by atoms with van der Waals surface area (Å²) in [5.41, 5.74) is 8.98. The van der Waals surface area contributed by atoms with Crippen LogP contribution in [0.3, 0.4) is 0 Å². The Bertz CT molecular complexity index is 872. The Balaban J connectivity index is 2.19. The Morgan fingerprint density at radius 3 is 2.46 bits per heavy atom. The van der Waals surface area contributed by atoms with Crippen LogP contribution in [-0.2, 0) is 5.41 Å². The van der Waals surface area contributed by atoms with Gasteiger partial charge >= 0.3 is 0 Å². The summed E-state index contributed by atoms with van der Waals surface area (Å²) in [4.78, 5) is 1.17. The van der Waals surface area contributed by atoms with E-state index < -0.39 is 0 Å². The summed E-state index contributed by atoms with van der Waals surface area (Å²) in [6.45, 7) is 9.30. The molecule has 0 saturated heterocycles. The predicted octanol–water partition coefficient (Wildman–Crippen LogP) is 7.33. The Kier molecular flexibility index (Phi) is 6.61. The van der Waals surface area contributed by atoms with Crippen LogP contribution in [0.2, 0.25) is 10.0 Å². The van der Waals surface area contributed by atoms with E-state index in [1.807, 2.05) is 23.9 Å². The Labute approximate surface area is 183 Å². The van der Waals surface area contributed by atoms with Gasteiger partial charge in [-0.3, -0.25) is 0 Å². The molecular formula is C23H29Cl2NOS. The third-order valence-electron chi connectivity index (χ3n) is 6.22. The van der Waals surface area contributed by atoms with Crippen LogP contribution in [-0.4, -0.2) is 17.9 Å². The molecule has 28 heavy (non-hydrogen) atoms. The Morgan fingerprint density at radius 2 is 1.86 bits per heavy atom. The molecule has 0 fully saturated rings. The second-order valence-electron chi connectivity index (χ2n) is 7.90. The molecule has 0 spiro atoms. The van der Waals surface area contributed by atoms with Gasteiger partial charge in [-0.2, -0.15) is 0 Å². The van der Waals surface area contributed by atoms with Gasteiger partial charge in [-0.1, -0.05) is 56.5 Å². The zero-order chi connectivity index (χ0) is 20.5. The topological polar surface area (TPSA) is 35.2 Å². The van der Waals surface area contributed by atoms with E-state index in [-0.39, 0.29) is 11.0 Å². The first-order chi connectivity index (χ1) is 13.3. The number of nitrogens with two attached hydrogens (primary N) is 1. The molecule has 3 rings (SSSR count). The van der Waals surface area contributed by atoms with Gasteiger partial charge in [0.05, 0.1) is 4.90 Å². The molecule has 2 atom stereocenters. The van der Waals surface area contributed by atoms with E-state index in [0.29, 0.717) is 16.6 Å². The molecule has 152 valence electrons. The molecule has 1 aliphatic heterocycles. The van der Waals surface area contributed by atoms with Gasteiger partial charge in [0.2, 0.25) is 0 Å². The lowest BCUT2D eigenvalue weighted by Gasteiger charge is -2.38. The van der Waals surface area contributed by atoms with Crippen LogP contribution in [0, 0.1) is 0 Å². The first kappa shape index (κ1) is 21.8. The van der Waals surface area contributed by atoms with Crippen molar-refractivity contribution in [2.45, 2.75) is 62.9 Å². The van der Waals surface area contributed by atoms with Crippen molar-refractivity contribution in [2.75, 3.05) is 12.3 Å². The first-order valence-electron chi connectivity index (χ1n) is 9.95. The maximum Gasteiger partial charge on any atom is 0.137 e. The molecule has 0 radical (unpaired) electrons. The van der Waals surface area contributed by atoms with E-state index in [9.17, 15) is 0 Å². The molecular weight excluding hydrogens is 409 g/mol. The zero-order valence-corrected chi connectivity index (χ0v) is 19.4. The minimum Gasteiger partial charge on any atom is -0.485 e. The number of halogens is 2. The van der Waals surface area contributed by atoms with Crippen LogP contribution in [0.1, 0.15) is 52.5 Å². The average Bonchev–Trinajstić information content (AvgIpc) is 2.90. The average molecular weight is 438 g/mol. The van der Waals surface area contributed by atoms with Gasteiger partial charge in [-0.15, -0.1) is 11.8 Å². The molecule has 2 aromatic rings. The van der Waals surface area contributed by atoms with E-state index >= 15 is 0 Å². The molecule has 0 bridgehead atoms. The highest BCUT2D eigenvalue weighted by atomic mass is 35.5. The van der Waals surface area contributed by atoms with Gasteiger partial charge in [0, 0.05) is 33.1 Å². The number of hydrogen-bond donors (Lipinski definition) is 1. The van der Waals surface area contributed by atoms with Gasteiger partial charge in [0.1, 0.15) is 11.4 Å². The summed E-state index contributed by atoms with van der Waals surface area (Å²) in [6, 6.07) is 10.1. The normalized spacial score (nSPS) is 23.5. The molecule has 2 aromatic carbocycles. The third-order valence-corrected chi connectivity index (χ3v) is 7.88. The SMILES string of the molecule is CCCCSc1cc(-c2ccc(Cl)cc2Cl)cc2c1O[C@@](C)(CC)[C@@]2(C)CN. The summed E-state index contributed by atoms with van der Waals surface area (Å²) < 4.78 is 6.60. The van der Waals surface area contributed by atoms with Crippen molar-refractivity contribution in [1.29, 1.82) is 0 Å². The van der Waals surface area contributed by atoms with Gasteiger partial charge in [0.15, 0.2) is 0 Å². The smallest absolute Gasteiger partial charge is 0.137 e. The molecule has 1 aliphatic rings. The predicted molar refractivity (Wildman–Crippen MR) is 123 cm³/mol. The van der Waals surface area contributed by atoms with Crippen molar-refractivity contribution in [2.24, 2.45) is 5.73 Å². The molecule has 2 N–H and O–H groups in total. The number of fused-ring (bicyclic) bond motifs is 1. The molecule has 5 heteroatoms. The fourth-order valence-electron chi connectivity index (χ4n) is 3.84. The standard InChI is InChI=1S/C23H29Cl2NOS/c1-5-7-10-28-20-12-15(17-9-8-16(24)13-19(17)25)11-18-21(20)27-23(4,6-2)22(18,3)14-26/h8-9,11-13H,5-7,10,14,26H2,1-4H3/t22-,23-/m0/s1. The zero-order valence-electron chi connectivity index (χ0n) is 17.1. The van der Waals surface area contributed by atoms with Crippen LogP contribution >= 0.6 is 35.0 Å². The fourth-order valence-corrected chi connectivity index (χ4v) is 5.50. The van der Waals surface area contributed by atoms with Crippen LogP contribution in [0.15, 0.2) is 35.2 Å². The Morgan fingerprint density at radius 1 is 1.11 bits per heavy atom. The number of benzene rings is 2. The highest BCUT2D eigenvalue weighted by molar-refractivity contribution is 7.99. The van der Waals surface area contributed by atoms with Crippen molar-refractivity contribution in [3.8, 4) is 16.9 Å². The van der Waals surface area contributed by atoms with Gasteiger partial charge in [0.25, 0.3) is 0 Å². The fraction of sp³-hybridized carbons (Fsp3) is 0.478. The summed E-state index contributed by atoms with van der Waals surface area (Å²) in [5.74, 6) is 2.05. The van der Waals surface area contributed by atoms with Crippen molar-refractivity contribution in [3.63, 3.8) is 0 Å².